The molecular weight excluding hydrogens is 376 g/mol. The molecule has 164 valence electrons. The number of rotatable bonds is 13. The van der Waals surface area contributed by atoms with Crippen LogP contribution in [0.5, 0.6) is 11.5 Å². The molecule has 5 heteroatoms. The maximum atomic E-state index is 11.4. The van der Waals surface area contributed by atoms with Gasteiger partial charge in [-0.2, -0.15) is 0 Å². The summed E-state index contributed by atoms with van der Waals surface area (Å²) in [5.74, 6) is 0.822. The summed E-state index contributed by atoms with van der Waals surface area (Å²) in [5, 5.41) is 16.4. The summed E-state index contributed by atoms with van der Waals surface area (Å²) in [7, 11) is 0. The van der Waals surface area contributed by atoms with Gasteiger partial charge in [0.15, 0.2) is 0 Å². The zero-order chi connectivity index (χ0) is 21.8. The highest BCUT2D eigenvalue weighted by atomic mass is 16.5. The molecule has 0 spiro atoms. The fourth-order valence-corrected chi connectivity index (χ4v) is 3.33. The van der Waals surface area contributed by atoms with Gasteiger partial charge in [0, 0.05) is 13.0 Å². The van der Waals surface area contributed by atoms with E-state index in [0.717, 1.165) is 63.0 Å². The zero-order valence-electron chi connectivity index (χ0n) is 18.5. The Hall–Kier alpha value is -2.53. The van der Waals surface area contributed by atoms with Crippen molar-refractivity contribution in [3.05, 3.63) is 53.6 Å². The topological polar surface area (TPSA) is 70.6 Å². The quantitative estimate of drug-likeness (QED) is 0.296. The first-order valence-electron chi connectivity index (χ1n) is 11.1. The average molecular weight is 413 g/mol. The van der Waals surface area contributed by atoms with Gasteiger partial charge in [0.2, 0.25) is 5.91 Å². The van der Waals surface area contributed by atoms with E-state index in [-0.39, 0.29) is 17.7 Å². The highest BCUT2D eigenvalue weighted by molar-refractivity contribution is 5.90. The maximum absolute atomic E-state index is 11.4. The number of hydrogen-bond donors (Lipinski definition) is 3. The summed E-state index contributed by atoms with van der Waals surface area (Å²) in [5.41, 5.74) is 2.80. The first kappa shape index (κ1) is 23.7. The van der Waals surface area contributed by atoms with Crippen LogP contribution in [0.15, 0.2) is 42.5 Å². The molecule has 0 aliphatic heterocycles. The molecule has 2 aromatic rings. The van der Waals surface area contributed by atoms with E-state index >= 15 is 0 Å². The lowest BCUT2D eigenvalue weighted by Gasteiger charge is -2.20. The number of phenols is 1. The van der Waals surface area contributed by atoms with Crippen molar-refractivity contribution in [2.24, 2.45) is 0 Å². The molecular formula is C25H36N2O3. The van der Waals surface area contributed by atoms with Crippen molar-refractivity contribution < 1.29 is 14.6 Å². The zero-order valence-corrected chi connectivity index (χ0v) is 18.5. The normalized spacial score (nSPS) is 11.8. The van der Waals surface area contributed by atoms with E-state index in [1.165, 1.54) is 12.5 Å². The van der Waals surface area contributed by atoms with Crippen LogP contribution >= 0.6 is 0 Å². The SMILES string of the molecule is CCCCOc1ccc(CCNC(CCCC)c2ccc(O)c(NC(C)=O)c2)cc1. The Bertz CT molecular complexity index is 774. The largest absolute Gasteiger partial charge is 0.506 e. The molecule has 3 N–H and O–H groups in total. The number of nitrogens with one attached hydrogen (secondary N) is 2. The Labute approximate surface area is 180 Å². The molecule has 0 aliphatic carbocycles. The van der Waals surface area contributed by atoms with Gasteiger partial charge in [-0.3, -0.25) is 4.79 Å². The highest BCUT2D eigenvalue weighted by Gasteiger charge is 2.13. The van der Waals surface area contributed by atoms with Gasteiger partial charge < -0.3 is 20.5 Å². The van der Waals surface area contributed by atoms with E-state index in [2.05, 4.69) is 36.6 Å². The molecule has 2 aromatic carbocycles. The summed E-state index contributed by atoms with van der Waals surface area (Å²) < 4.78 is 5.73. The van der Waals surface area contributed by atoms with Gasteiger partial charge in [0.05, 0.1) is 12.3 Å². The predicted octanol–water partition coefficient (Wildman–Crippen LogP) is 5.59. The number of anilines is 1. The average Bonchev–Trinajstić information content (AvgIpc) is 2.73. The third kappa shape index (κ3) is 8.07. The minimum absolute atomic E-state index is 0.0874. The lowest BCUT2D eigenvalue weighted by Crippen LogP contribution is -2.24. The molecule has 0 saturated carbocycles. The van der Waals surface area contributed by atoms with Crippen LogP contribution < -0.4 is 15.4 Å². The second kappa shape index (κ2) is 12.9. The predicted molar refractivity (Wildman–Crippen MR) is 123 cm³/mol. The van der Waals surface area contributed by atoms with Gasteiger partial charge in [-0.25, -0.2) is 0 Å². The number of unbranched alkanes of at least 4 members (excludes halogenated alkanes) is 2. The lowest BCUT2D eigenvalue weighted by molar-refractivity contribution is -0.114. The second-order valence-corrected chi connectivity index (χ2v) is 7.70. The Kier molecular flexibility index (Phi) is 10.2. The summed E-state index contributed by atoms with van der Waals surface area (Å²) in [6.45, 7) is 7.40. The molecule has 0 aliphatic rings. The molecule has 0 bridgehead atoms. The summed E-state index contributed by atoms with van der Waals surface area (Å²) in [4.78, 5) is 11.4. The first-order chi connectivity index (χ1) is 14.5. The van der Waals surface area contributed by atoms with Crippen LogP contribution in [-0.2, 0) is 11.2 Å². The standard InChI is InChI=1S/C25H36N2O3/c1-4-6-8-23(21-11-14-25(29)24(18-21)27-19(3)28)26-16-15-20-9-12-22(13-10-20)30-17-7-5-2/h9-14,18,23,26,29H,4-8,15-17H2,1-3H3,(H,27,28). The van der Waals surface area contributed by atoms with Gasteiger partial charge in [0.25, 0.3) is 0 Å². The third-order valence-electron chi connectivity index (χ3n) is 5.07. The fraction of sp³-hybridized carbons (Fsp3) is 0.480. The monoisotopic (exact) mass is 412 g/mol. The van der Waals surface area contributed by atoms with E-state index in [4.69, 9.17) is 4.74 Å². The number of carbonyl (C=O) groups excluding carboxylic acids is 1. The summed E-state index contributed by atoms with van der Waals surface area (Å²) in [6, 6.07) is 14.0. The smallest absolute Gasteiger partial charge is 0.221 e. The number of carbonyl (C=O) groups is 1. The van der Waals surface area contributed by atoms with Crippen molar-refractivity contribution in [2.75, 3.05) is 18.5 Å². The number of aromatic hydroxyl groups is 1. The Morgan fingerprint density at radius 2 is 1.80 bits per heavy atom. The van der Waals surface area contributed by atoms with E-state index in [0.29, 0.717) is 5.69 Å². The molecule has 0 fully saturated rings. The van der Waals surface area contributed by atoms with Crippen molar-refractivity contribution >= 4 is 11.6 Å². The molecule has 2 rings (SSSR count). The van der Waals surface area contributed by atoms with Crippen LogP contribution in [0.4, 0.5) is 5.69 Å². The molecule has 1 unspecified atom stereocenters. The molecule has 0 radical (unpaired) electrons. The van der Waals surface area contributed by atoms with Gasteiger partial charge >= 0.3 is 0 Å². The number of benzene rings is 2. The van der Waals surface area contributed by atoms with Crippen LogP contribution in [0, 0.1) is 0 Å². The fourth-order valence-electron chi connectivity index (χ4n) is 3.33. The van der Waals surface area contributed by atoms with Crippen LogP contribution in [0.2, 0.25) is 0 Å². The van der Waals surface area contributed by atoms with Crippen molar-refractivity contribution in [1.82, 2.24) is 5.32 Å². The molecule has 5 nitrogen and oxygen atoms in total. The van der Waals surface area contributed by atoms with E-state index in [1.54, 1.807) is 6.07 Å². The number of hydrogen-bond acceptors (Lipinski definition) is 4. The van der Waals surface area contributed by atoms with Crippen LogP contribution in [0.25, 0.3) is 0 Å². The minimum atomic E-state index is -0.192. The second-order valence-electron chi connectivity index (χ2n) is 7.70. The number of ether oxygens (including phenoxy) is 1. The summed E-state index contributed by atoms with van der Waals surface area (Å²) >= 11 is 0. The first-order valence-corrected chi connectivity index (χ1v) is 11.1. The highest BCUT2D eigenvalue weighted by Crippen LogP contribution is 2.29. The molecule has 1 atom stereocenters. The minimum Gasteiger partial charge on any atom is -0.506 e. The third-order valence-corrected chi connectivity index (χ3v) is 5.07. The van der Waals surface area contributed by atoms with Crippen molar-refractivity contribution in [3.63, 3.8) is 0 Å². The number of phenolic OH excluding ortho intramolecular Hbond substituents is 1. The Morgan fingerprint density at radius 3 is 2.47 bits per heavy atom. The van der Waals surface area contributed by atoms with E-state index in [1.807, 2.05) is 24.3 Å². The van der Waals surface area contributed by atoms with Crippen molar-refractivity contribution in [3.8, 4) is 11.5 Å². The molecule has 0 heterocycles. The molecule has 0 saturated heterocycles. The van der Waals surface area contributed by atoms with Crippen molar-refractivity contribution in [2.45, 2.75) is 65.3 Å². The van der Waals surface area contributed by atoms with Gasteiger partial charge in [-0.05, 0) is 61.2 Å². The maximum Gasteiger partial charge on any atom is 0.221 e. The van der Waals surface area contributed by atoms with Crippen molar-refractivity contribution in [1.29, 1.82) is 0 Å². The van der Waals surface area contributed by atoms with Crippen LogP contribution in [0.1, 0.15) is 70.0 Å². The van der Waals surface area contributed by atoms with Crippen LogP contribution in [-0.4, -0.2) is 24.2 Å². The van der Waals surface area contributed by atoms with E-state index in [9.17, 15) is 9.90 Å². The van der Waals surface area contributed by atoms with Gasteiger partial charge in [0.1, 0.15) is 11.5 Å². The Balaban J connectivity index is 1.96. The van der Waals surface area contributed by atoms with Crippen LogP contribution in [0.3, 0.4) is 0 Å². The molecule has 1 amide bonds. The van der Waals surface area contributed by atoms with E-state index < -0.39 is 0 Å². The lowest BCUT2D eigenvalue weighted by atomic mass is 9.99. The Morgan fingerprint density at radius 1 is 1.07 bits per heavy atom. The molecule has 0 aromatic heterocycles. The number of amides is 1. The van der Waals surface area contributed by atoms with Gasteiger partial charge in [-0.1, -0.05) is 51.3 Å². The van der Waals surface area contributed by atoms with Gasteiger partial charge in [-0.15, -0.1) is 0 Å². The summed E-state index contributed by atoms with van der Waals surface area (Å²) in [6.07, 6.45) is 6.37. The molecule has 30 heavy (non-hydrogen) atoms.